The summed E-state index contributed by atoms with van der Waals surface area (Å²) in [5.74, 6) is 0.407. The lowest BCUT2D eigenvalue weighted by Crippen LogP contribution is -2.28. The zero-order valence-corrected chi connectivity index (χ0v) is 13.1. The summed E-state index contributed by atoms with van der Waals surface area (Å²) in [6.07, 6.45) is 5.18. The van der Waals surface area contributed by atoms with Crippen molar-refractivity contribution in [3.05, 3.63) is 35.9 Å². The number of carbonyl (C=O) groups is 1. The summed E-state index contributed by atoms with van der Waals surface area (Å²) in [6, 6.07) is 10.8. The lowest BCUT2D eigenvalue weighted by Gasteiger charge is -2.22. The Hall–Kier alpha value is -1.97. The number of hydrogen-bond donors (Lipinski definition) is 1. The highest BCUT2D eigenvalue weighted by Gasteiger charge is 2.12. The van der Waals surface area contributed by atoms with Gasteiger partial charge in [0, 0.05) is 0 Å². The first-order chi connectivity index (χ1) is 10.8. The molecule has 0 aromatic heterocycles. The van der Waals surface area contributed by atoms with Gasteiger partial charge in [-0.05, 0) is 50.8 Å². The van der Waals surface area contributed by atoms with E-state index in [4.69, 9.17) is 0 Å². The van der Waals surface area contributed by atoms with Gasteiger partial charge in [0.2, 0.25) is 6.08 Å². The van der Waals surface area contributed by atoms with Gasteiger partial charge < -0.3 is 10.1 Å². The van der Waals surface area contributed by atoms with Gasteiger partial charge in [-0.1, -0.05) is 30.3 Å². The van der Waals surface area contributed by atoms with Crippen LogP contribution in [0.1, 0.15) is 25.3 Å². The maximum Gasteiger partial charge on any atom is 0.328 e. The fourth-order valence-corrected chi connectivity index (χ4v) is 2.34. The number of esters is 1. The Bertz CT molecular complexity index is 464. The normalized spacial score (nSPS) is 14.2. The lowest BCUT2D eigenvalue weighted by atomic mass is 9.91. The van der Waals surface area contributed by atoms with E-state index in [2.05, 4.69) is 45.4 Å². The number of benzene rings is 1. The molecule has 5 nitrogen and oxygen atoms in total. The Morgan fingerprint density at radius 2 is 2.00 bits per heavy atom. The van der Waals surface area contributed by atoms with Crippen molar-refractivity contribution in [2.75, 3.05) is 26.2 Å². The highest BCUT2D eigenvalue weighted by atomic mass is 16.5. The molecular formula is C17H24N2O3. The number of nitrogens with one attached hydrogen (secondary N) is 1. The lowest BCUT2D eigenvalue weighted by molar-refractivity contribution is -0.141. The Morgan fingerprint density at radius 3 is 2.59 bits per heavy atom. The largest absolute Gasteiger partial charge is 0.465 e. The third-order valence-electron chi connectivity index (χ3n) is 3.40. The van der Waals surface area contributed by atoms with Crippen molar-refractivity contribution in [2.45, 2.75) is 26.2 Å². The molecule has 1 aromatic rings. The van der Waals surface area contributed by atoms with Crippen LogP contribution >= 0.6 is 0 Å². The van der Waals surface area contributed by atoms with E-state index in [1.54, 1.807) is 6.92 Å². The zero-order valence-electron chi connectivity index (χ0n) is 13.1. The van der Waals surface area contributed by atoms with E-state index in [1.165, 1.54) is 44.0 Å². The second kappa shape index (κ2) is 11.7. The molecule has 1 aromatic carbocycles. The highest BCUT2D eigenvalue weighted by Crippen LogP contribution is 2.17. The summed E-state index contributed by atoms with van der Waals surface area (Å²) in [6.45, 7) is 4.18. The minimum absolute atomic E-state index is 0.225. The standard InChI is InChI=1S/C12H17N.C5H7NO3/c1-2-4-11(5-3-1)10-12-6-8-13-9-7-12;1-2-9-5(8)3-6-4-7/h1-5,12-13H,6-10H2;2-3H2,1H3. The quantitative estimate of drug-likeness (QED) is 0.514. The van der Waals surface area contributed by atoms with E-state index >= 15 is 0 Å². The summed E-state index contributed by atoms with van der Waals surface area (Å²) in [7, 11) is 0. The molecule has 1 fully saturated rings. The van der Waals surface area contributed by atoms with Crippen LogP contribution in [0.15, 0.2) is 35.3 Å². The van der Waals surface area contributed by atoms with E-state index in [9.17, 15) is 9.59 Å². The van der Waals surface area contributed by atoms with E-state index in [1.807, 2.05) is 0 Å². The first-order valence-corrected chi connectivity index (χ1v) is 7.70. The number of ether oxygens (including phenoxy) is 1. The predicted octanol–water partition coefficient (Wildman–Crippen LogP) is 2.11. The molecule has 1 heterocycles. The molecule has 2 rings (SSSR count). The first-order valence-electron chi connectivity index (χ1n) is 7.70. The summed E-state index contributed by atoms with van der Waals surface area (Å²) in [5, 5.41) is 3.40. The third-order valence-corrected chi connectivity index (χ3v) is 3.40. The monoisotopic (exact) mass is 304 g/mol. The van der Waals surface area contributed by atoms with Crippen LogP contribution in [0.4, 0.5) is 0 Å². The maximum absolute atomic E-state index is 10.3. The molecule has 0 aliphatic carbocycles. The Labute approximate surface area is 131 Å². The number of rotatable bonds is 5. The van der Waals surface area contributed by atoms with Crippen LogP contribution in [-0.4, -0.2) is 38.3 Å². The smallest absolute Gasteiger partial charge is 0.328 e. The van der Waals surface area contributed by atoms with Crippen LogP contribution in [0.3, 0.4) is 0 Å². The van der Waals surface area contributed by atoms with E-state index in [0.29, 0.717) is 6.61 Å². The van der Waals surface area contributed by atoms with E-state index < -0.39 is 5.97 Å². The van der Waals surface area contributed by atoms with Gasteiger partial charge in [0.1, 0.15) is 6.54 Å². The Balaban J connectivity index is 0.000000239. The SMILES string of the molecule is CCOC(=O)CN=C=O.c1ccc(CC2CCNCC2)cc1. The minimum Gasteiger partial charge on any atom is -0.465 e. The van der Waals surface area contributed by atoms with Crippen LogP contribution in [-0.2, 0) is 20.7 Å². The number of aliphatic imine (C=N–C) groups is 1. The first kappa shape index (κ1) is 18.1. The molecule has 1 saturated heterocycles. The van der Waals surface area contributed by atoms with E-state index in [-0.39, 0.29) is 6.54 Å². The van der Waals surface area contributed by atoms with Gasteiger partial charge in [0.15, 0.2) is 0 Å². The average molecular weight is 304 g/mol. The summed E-state index contributed by atoms with van der Waals surface area (Å²) >= 11 is 0. The van der Waals surface area contributed by atoms with Crippen LogP contribution < -0.4 is 5.32 Å². The second-order valence-corrected chi connectivity index (χ2v) is 5.10. The van der Waals surface area contributed by atoms with Gasteiger partial charge >= 0.3 is 5.97 Å². The molecule has 22 heavy (non-hydrogen) atoms. The Kier molecular flexibility index (Phi) is 9.59. The van der Waals surface area contributed by atoms with Gasteiger partial charge in [-0.25, -0.2) is 4.79 Å². The summed E-state index contributed by atoms with van der Waals surface area (Å²) in [5.41, 5.74) is 1.49. The molecule has 0 atom stereocenters. The number of nitrogens with zero attached hydrogens (tertiary/aromatic N) is 1. The average Bonchev–Trinajstić information content (AvgIpc) is 2.56. The molecule has 0 radical (unpaired) electrons. The van der Waals surface area contributed by atoms with Crippen LogP contribution in [0.5, 0.6) is 0 Å². The number of carbonyl (C=O) groups excluding carboxylic acids is 2. The van der Waals surface area contributed by atoms with Crippen molar-refractivity contribution in [1.82, 2.24) is 5.32 Å². The molecule has 0 saturated carbocycles. The van der Waals surface area contributed by atoms with Crippen LogP contribution in [0.25, 0.3) is 0 Å². The molecule has 0 amide bonds. The predicted molar refractivity (Wildman–Crippen MR) is 85.4 cm³/mol. The number of hydrogen-bond acceptors (Lipinski definition) is 5. The van der Waals surface area contributed by atoms with Crippen LogP contribution in [0.2, 0.25) is 0 Å². The summed E-state index contributed by atoms with van der Waals surface area (Å²) < 4.78 is 4.43. The van der Waals surface area contributed by atoms with Gasteiger partial charge in [0.25, 0.3) is 0 Å². The topological polar surface area (TPSA) is 67.8 Å². The van der Waals surface area contributed by atoms with E-state index in [0.717, 1.165) is 5.92 Å². The van der Waals surface area contributed by atoms with Crippen molar-refractivity contribution in [2.24, 2.45) is 10.9 Å². The highest BCUT2D eigenvalue weighted by molar-refractivity contribution is 5.72. The zero-order chi connectivity index (χ0) is 16.0. The Morgan fingerprint density at radius 1 is 1.32 bits per heavy atom. The maximum atomic E-state index is 10.3. The fraction of sp³-hybridized carbons (Fsp3) is 0.529. The molecule has 1 aliphatic rings. The molecular weight excluding hydrogens is 280 g/mol. The number of piperidine rings is 1. The molecule has 1 N–H and O–H groups in total. The molecule has 120 valence electrons. The van der Waals surface area contributed by atoms with Crippen molar-refractivity contribution in [3.63, 3.8) is 0 Å². The molecule has 1 aliphatic heterocycles. The van der Waals surface area contributed by atoms with Gasteiger partial charge in [-0.15, -0.1) is 0 Å². The van der Waals surface area contributed by atoms with Crippen molar-refractivity contribution in [1.29, 1.82) is 0 Å². The molecule has 0 unspecified atom stereocenters. The van der Waals surface area contributed by atoms with Crippen molar-refractivity contribution in [3.8, 4) is 0 Å². The third kappa shape index (κ3) is 8.35. The fourth-order valence-electron chi connectivity index (χ4n) is 2.34. The van der Waals surface area contributed by atoms with Gasteiger partial charge in [-0.2, -0.15) is 4.99 Å². The van der Waals surface area contributed by atoms with Gasteiger partial charge in [-0.3, -0.25) is 4.79 Å². The molecule has 0 bridgehead atoms. The summed E-state index contributed by atoms with van der Waals surface area (Å²) in [4.78, 5) is 22.7. The van der Waals surface area contributed by atoms with Crippen molar-refractivity contribution >= 4 is 12.0 Å². The second-order valence-electron chi connectivity index (χ2n) is 5.10. The molecule has 5 heteroatoms. The molecule has 0 spiro atoms. The van der Waals surface area contributed by atoms with Crippen molar-refractivity contribution < 1.29 is 14.3 Å². The van der Waals surface area contributed by atoms with Crippen LogP contribution in [0, 0.1) is 5.92 Å². The van der Waals surface area contributed by atoms with Gasteiger partial charge in [0.05, 0.1) is 6.61 Å². The minimum atomic E-state index is -0.499. The number of isocyanates is 1.